The highest BCUT2D eigenvalue weighted by Gasteiger charge is 2.30. The lowest BCUT2D eigenvalue weighted by atomic mass is 10.2. The Morgan fingerprint density at radius 2 is 1.79 bits per heavy atom. The lowest BCUT2D eigenvalue weighted by Crippen LogP contribution is -2.38. The molecule has 1 atom stereocenters. The van der Waals surface area contributed by atoms with Gasteiger partial charge < -0.3 is 10.2 Å². The first-order chi connectivity index (χ1) is 10.9. The molecule has 1 N–H and O–H groups in total. The van der Waals surface area contributed by atoms with Gasteiger partial charge in [-0.3, -0.25) is 4.79 Å². The number of carbonyl (C=O) groups excluding carboxylic acids is 1. The van der Waals surface area contributed by atoms with E-state index in [0.29, 0.717) is 25.2 Å². The molecule has 1 aromatic rings. The van der Waals surface area contributed by atoms with Crippen LogP contribution in [0, 0.1) is 0 Å². The number of hydrogen-bond donors (Lipinski definition) is 1. The molecule has 1 fully saturated rings. The standard InChI is InChI=1S/C16H25N3O3S.ClH/c1-4-19(5-2)16(20)13-6-8-15(9-7-13)23(21,22)18(3)14-10-11-17-12-14;/h6-9,14,17H,4-5,10-12H2,1-3H3;1H. The molecular formula is C16H26ClN3O3S. The Morgan fingerprint density at radius 3 is 2.25 bits per heavy atom. The van der Waals surface area contributed by atoms with Crippen molar-refractivity contribution in [1.82, 2.24) is 14.5 Å². The lowest BCUT2D eigenvalue weighted by molar-refractivity contribution is 0.0773. The van der Waals surface area contributed by atoms with Crippen LogP contribution in [0.3, 0.4) is 0 Å². The van der Waals surface area contributed by atoms with E-state index in [1.165, 1.54) is 16.4 Å². The molecule has 24 heavy (non-hydrogen) atoms. The quantitative estimate of drug-likeness (QED) is 0.819. The van der Waals surface area contributed by atoms with Gasteiger partial charge in [0.1, 0.15) is 0 Å². The van der Waals surface area contributed by atoms with E-state index < -0.39 is 10.0 Å². The molecule has 1 aliphatic rings. The SMILES string of the molecule is CCN(CC)C(=O)c1ccc(S(=O)(=O)N(C)C2CCNC2)cc1.Cl. The van der Waals surface area contributed by atoms with Gasteiger partial charge in [0, 0.05) is 38.3 Å². The second-order valence-corrected chi connectivity index (χ2v) is 7.67. The number of halogens is 1. The van der Waals surface area contributed by atoms with Gasteiger partial charge >= 0.3 is 0 Å². The average molecular weight is 376 g/mol. The molecule has 8 heteroatoms. The molecule has 2 rings (SSSR count). The fourth-order valence-corrected chi connectivity index (χ4v) is 4.16. The van der Waals surface area contributed by atoms with Crippen LogP contribution >= 0.6 is 12.4 Å². The van der Waals surface area contributed by atoms with Crippen molar-refractivity contribution in [2.75, 3.05) is 33.2 Å². The summed E-state index contributed by atoms with van der Waals surface area (Å²) in [6.45, 7) is 6.62. The first kappa shape index (κ1) is 20.9. The zero-order valence-corrected chi connectivity index (χ0v) is 16.0. The monoisotopic (exact) mass is 375 g/mol. The van der Waals surface area contributed by atoms with Crippen LogP contribution in [0.25, 0.3) is 0 Å². The number of nitrogens with one attached hydrogen (secondary N) is 1. The predicted octanol–water partition coefficient (Wildman–Crippen LogP) is 1.57. The molecular weight excluding hydrogens is 350 g/mol. The van der Waals surface area contributed by atoms with Crippen molar-refractivity contribution in [3.8, 4) is 0 Å². The van der Waals surface area contributed by atoms with Crippen LogP contribution in [0.15, 0.2) is 29.2 Å². The summed E-state index contributed by atoms with van der Waals surface area (Å²) in [5, 5.41) is 3.17. The van der Waals surface area contributed by atoms with E-state index >= 15 is 0 Å². The zero-order valence-electron chi connectivity index (χ0n) is 14.4. The van der Waals surface area contributed by atoms with E-state index in [4.69, 9.17) is 0 Å². The third-order valence-electron chi connectivity index (χ3n) is 4.38. The van der Waals surface area contributed by atoms with Gasteiger partial charge in [-0.2, -0.15) is 4.31 Å². The molecule has 136 valence electrons. The number of sulfonamides is 1. The number of carbonyl (C=O) groups is 1. The summed E-state index contributed by atoms with van der Waals surface area (Å²) >= 11 is 0. The maximum Gasteiger partial charge on any atom is 0.253 e. The van der Waals surface area contributed by atoms with Crippen molar-refractivity contribution in [1.29, 1.82) is 0 Å². The highest BCUT2D eigenvalue weighted by molar-refractivity contribution is 7.89. The molecule has 1 unspecified atom stereocenters. The molecule has 0 aromatic heterocycles. The summed E-state index contributed by atoms with van der Waals surface area (Å²) in [6.07, 6.45) is 0.814. The zero-order chi connectivity index (χ0) is 17.0. The molecule has 1 amide bonds. The van der Waals surface area contributed by atoms with Gasteiger partial charge in [-0.05, 0) is 51.1 Å². The number of nitrogens with zero attached hydrogens (tertiary/aromatic N) is 2. The Balaban J connectivity index is 0.00000288. The van der Waals surface area contributed by atoms with Crippen molar-refractivity contribution in [3.63, 3.8) is 0 Å². The third-order valence-corrected chi connectivity index (χ3v) is 6.30. The van der Waals surface area contributed by atoms with Crippen molar-refractivity contribution in [2.45, 2.75) is 31.2 Å². The first-order valence-electron chi connectivity index (χ1n) is 7.99. The molecule has 6 nitrogen and oxygen atoms in total. The average Bonchev–Trinajstić information content (AvgIpc) is 3.09. The normalized spacial score (nSPS) is 17.6. The van der Waals surface area contributed by atoms with E-state index in [1.807, 2.05) is 13.8 Å². The minimum Gasteiger partial charge on any atom is -0.339 e. The van der Waals surface area contributed by atoms with Crippen molar-refractivity contribution >= 4 is 28.3 Å². The highest BCUT2D eigenvalue weighted by Crippen LogP contribution is 2.20. The topological polar surface area (TPSA) is 69.7 Å². The van der Waals surface area contributed by atoms with Gasteiger partial charge in [0.15, 0.2) is 0 Å². The molecule has 0 spiro atoms. The van der Waals surface area contributed by atoms with Crippen molar-refractivity contribution in [3.05, 3.63) is 29.8 Å². The van der Waals surface area contributed by atoms with Crippen LogP contribution in [0.1, 0.15) is 30.6 Å². The van der Waals surface area contributed by atoms with E-state index in [1.54, 1.807) is 24.1 Å². The maximum atomic E-state index is 12.6. The van der Waals surface area contributed by atoms with Crippen molar-refractivity contribution in [2.24, 2.45) is 0 Å². The molecule has 0 aliphatic carbocycles. The second-order valence-electron chi connectivity index (χ2n) is 5.67. The summed E-state index contributed by atoms with van der Waals surface area (Å²) < 4.78 is 26.7. The van der Waals surface area contributed by atoms with E-state index in [2.05, 4.69) is 5.32 Å². The smallest absolute Gasteiger partial charge is 0.253 e. The largest absolute Gasteiger partial charge is 0.339 e. The summed E-state index contributed by atoms with van der Waals surface area (Å²) in [5.41, 5.74) is 0.512. The van der Waals surface area contributed by atoms with Crippen LogP contribution in [0.4, 0.5) is 0 Å². The third kappa shape index (κ3) is 4.27. The Hall–Kier alpha value is -1.15. The summed E-state index contributed by atoms with van der Waals surface area (Å²) in [4.78, 5) is 14.2. The summed E-state index contributed by atoms with van der Waals surface area (Å²) in [6, 6.07) is 6.20. The maximum absolute atomic E-state index is 12.6. The lowest BCUT2D eigenvalue weighted by Gasteiger charge is -2.23. The predicted molar refractivity (Wildman–Crippen MR) is 97.2 cm³/mol. The molecule has 1 aliphatic heterocycles. The molecule has 1 aromatic carbocycles. The highest BCUT2D eigenvalue weighted by atomic mass is 35.5. The molecule has 0 bridgehead atoms. The fraction of sp³-hybridized carbons (Fsp3) is 0.562. The van der Waals surface area contributed by atoms with Crippen LogP contribution in [0.5, 0.6) is 0 Å². The Morgan fingerprint density at radius 1 is 1.21 bits per heavy atom. The Bertz CT molecular complexity index is 639. The van der Waals surface area contributed by atoms with E-state index in [-0.39, 0.29) is 29.3 Å². The van der Waals surface area contributed by atoms with Gasteiger partial charge in [0.2, 0.25) is 10.0 Å². The molecule has 0 radical (unpaired) electrons. The molecule has 1 heterocycles. The second kappa shape index (κ2) is 8.80. The fourth-order valence-electron chi connectivity index (χ4n) is 2.78. The number of rotatable bonds is 6. The molecule has 1 saturated heterocycles. The number of hydrogen-bond acceptors (Lipinski definition) is 4. The molecule has 0 saturated carbocycles. The Kier molecular flexibility index (Phi) is 7.66. The summed E-state index contributed by atoms with van der Waals surface area (Å²) in [5.74, 6) is -0.0766. The van der Waals surface area contributed by atoms with Gasteiger partial charge in [0.05, 0.1) is 4.90 Å². The van der Waals surface area contributed by atoms with Crippen LogP contribution < -0.4 is 5.32 Å². The minimum atomic E-state index is -3.53. The number of likely N-dealkylation sites (N-methyl/N-ethyl adjacent to an activating group) is 1. The van der Waals surface area contributed by atoms with Gasteiger partial charge in [-0.1, -0.05) is 0 Å². The van der Waals surface area contributed by atoms with Crippen LogP contribution in [0.2, 0.25) is 0 Å². The van der Waals surface area contributed by atoms with Crippen molar-refractivity contribution < 1.29 is 13.2 Å². The van der Waals surface area contributed by atoms with E-state index in [0.717, 1.165) is 13.0 Å². The number of amides is 1. The number of benzene rings is 1. The van der Waals surface area contributed by atoms with E-state index in [9.17, 15) is 13.2 Å². The van der Waals surface area contributed by atoms with Crippen LogP contribution in [-0.4, -0.2) is 62.8 Å². The van der Waals surface area contributed by atoms with Gasteiger partial charge in [-0.15, -0.1) is 12.4 Å². The minimum absolute atomic E-state index is 0. The Labute approximate surface area is 150 Å². The van der Waals surface area contributed by atoms with Gasteiger partial charge in [-0.25, -0.2) is 8.42 Å². The van der Waals surface area contributed by atoms with Gasteiger partial charge in [0.25, 0.3) is 5.91 Å². The first-order valence-corrected chi connectivity index (χ1v) is 9.43. The van der Waals surface area contributed by atoms with Crippen LogP contribution in [-0.2, 0) is 10.0 Å². The summed E-state index contributed by atoms with van der Waals surface area (Å²) in [7, 11) is -1.91.